The van der Waals surface area contributed by atoms with Gasteiger partial charge in [-0.1, -0.05) is 22.5 Å². The fourth-order valence-electron chi connectivity index (χ4n) is 0.616. The van der Waals surface area contributed by atoms with Crippen molar-refractivity contribution >= 4 is 27.9 Å². The van der Waals surface area contributed by atoms with E-state index in [2.05, 4.69) is 27.2 Å². The summed E-state index contributed by atoms with van der Waals surface area (Å²) in [7, 11) is 0. The van der Waals surface area contributed by atoms with Crippen molar-refractivity contribution in [1.82, 2.24) is 0 Å². The first-order valence-corrected chi connectivity index (χ1v) is 5.29. The second-order valence-corrected chi connectivity index (χ2v) is 5.36. The van der Waals surface area contributed by atoms with Crippen molar-refractivity contribution in [2.75, 3.05) is 13.2 Å². The average molecular weight is 279 g/mol. The molecular formula is C10H15BrO4. The summed E-state index contributed by atoms with van der Waals surface area (Å²) in [5.74, 6) is -0.995. The third kappa shape index (κ3) is 5.57. The minimum atomic E-state index is -0.762. The van der Waals surface area contributed by atoms with Crippen LogP contribution in [0.15, 0.2) is 12.2 Å². The monoisotopic (exact) mass is 278 g/mol. The smallest absolute Gasteiger partial charge is 0.336 e. The number of hydrogen-bond donors (Lipinski definition) is 0. The standard InChI is InChI=1S/C10H15BrO4/c1-5-14-8(12)7(2)6-15-9(13)10(3,4)11/h2,5-6H2,1,3-4H3. The largest absolute Gasteiger partial charge is 0.463 e. The predicted octanol–water partition coefficient (Wildman–Crippen LogP) is 1.82. The van der Waals surface area contributed by atoms with Crippen molar-refractivity contribution < 1.29 is 19.1 Å². The number of rotatable bonds is 5. The lowest BCUT2D eigenvalue weighted by molar-refractivity contribution is -0.146. The van der Waals surface area contributed by atoms with Gasteiger partial charge < -0.3 is 9.47 Å². The molecule has 0 spiro atoms. The van der Waals surface area contributed by atoms with Crippen LogP contribution in [0.5, 0.6) is 0 Å². The molecule has 0 aromatic rings. The van der Waals surface area contributed by atoms with Crippen LogP contribution in [0, 0.1) is 0 Å². The molecule has 0 aromatic carbocycles. The van der Waals surface area contributed by atoms with Gasteiger partial charge in [0.05, 0.1) is 12.2 Å². The van der Waals surface area contributed by atoms with Crippen LogP contribution < -0.4 is 0 Å². The number of halogens is 1. The molecule has 0 radical (unpaired) electrons. The molecule has 0 atom stereocenters. The molecule has 0 amide bonds. The van der Waals surface area contributed by atoms with E-state index in [-0.39, 0.29) is 18.8 Å². The van der Waals surface area contributed by atoms with E-state index in [9.17, 15) is 9.59 Å². The highest BCUT2D eigenvalue weighted by Crippen LogP contribution is 2.17. The van der Waals surface area contributed by atoms with Crippen molar-refractivity contribution in [3.63, 3.8) is 0 Å². The second-order valence-electron chi connectivity index (χ2n) is 3.37. The van der Waals surface area contributed by atoms with Gasteiger partial charge in [-0.05, 0) is 20.8 Å². The van der Waals surface area contributed by atoms with Crippen LogP contribution >= 0.6 is 15.9 Å². The number of carbonyl (C=O) groups is 2. The zero-order valence-electron chi connectivity index (χ0n) is 9.13. The first-order chi connectivity index (χ1) is 6.79. The van der Waals surface area contributed by atoms with Crippen molar-refractivity contribution in [2.24, 2.45) is 0 Å². The van der Waals surface area contributed by atoms with Crippen LogP contribution in [0.1, 0.15) is 20.8 Å². The normalized spacial score (nSPS) is 10.7. The van der Waals surface area contributed by atoms with Crippen molar-refractivity contribution in [3.8, 4) is 0 Å². The van der Waals surface area contributed by atoms with Crippen LogP contribution in [-0.2, 0) is 19.1 Å². The molecule has 4 nitrogen and oxygen atoms in total. The summed E-state index contributed by atoms with van der Waals surface area (Å²) in [6.07, 6.45) is 0. The van der Waals surface area contributed by atoms with Gasteiger partial charge in [-0.15, -0.1) is 0 Å². The van der Waals surface area contributed by atoms with Gasteiger partial charge >= 0.3 is 11.9 Å². The molecule has 0 saturated carbocycles. The summed E-state index contributed by atoms with van der Waals surface area (Å²) in [6, 6.07) is 0. The van der Waals surface area contributed by atoms with Crippen molar-refractivity contribution in [1.29, 1.82) is 0 Å². The Morgan fingerprint density at radius 2 is 1.87 bits per heavy atom. The van der Waals surface area contributed by atoms with Crippen molar-refractivity contribution in [2.45, 2.75) is 25.1 Å². The molecule has 5 heteroatoms. The molecule has 0 aromatic heterocycles. The van der Waals surface area contributed by atoms with Gasteiger partial charge in [0.2, 0.25) is 0 Å². The summed E-state index contributed by atoms with van der Waals surface area (Å²) < 4.78 is 8.77. The molecule has 86 valence electrons. The topological polar surface area (TPSA) is 52.6 Å². The van der Waals surface area contributed by atoms with Gasteiger partial charge in [-0.3, -0.25) is 4.79 Å². The van der Waals surface area contributed by atoms with Gasteiger partial charge in [-0.25, -0.2) is 4.79 Å². The molecular weight excluding hydrogens is 264 g/mol. The third-order valence-electron chi connectivity index (χ3n) is 1.43. The number of esters is 2. The van der Waals surface area contributed by atoms with E-state index in [0.29, 0.717) is 0 Å². The minimum Gasteiger partial charge on any atom is -0.463 e. The Morgan fingerprint density at radius 1 is 1.33 bits per heavy atom. The fourth-order valence-corrected chi connectivity index (χ4v) is 0.731. The number of carbonyl (C=O) groups excluding carboxylic acids is 2. The minimum absolute atomic E-state index is 0.127. The highest BCUT2D eigenvalue weighted by atomic mass is 79.9. The maximum atomic E-state index is 11.3. The van der Waals surface area contributed by atoms with E-state index in [0.717, 1.165) is 0 Å². The van der Waals surface area contributed by atoms with Crippen LogP contribution in [-0.4, -0.2) is 29.5 Å². The summed E-state index contributed by atoms with van der Waals surface area (Å²) in [5, 5.41) is 0. The summed E-state index contributed by atoms with van der Waals surface area (Å²) in [4.78, 5) is 22.4. The first-order valence-electron chi connectivity index (χ1n) is 4.50. The van der Waals surface area contributed by atoms with E-state index in [1.165, 1.54) is 0 Å². The Bertz CT molecular complexity index is 265. The van der Waals surface area contributed by atoms with Gasteiger partial charge in [0.1, 0.15) is 10.9 Å². The lowest BCUT2D eigenvalue weighted by Crippen LogP contribution is -2.28. The number of hydrogen-bond acceptors (Lipinski definition) is 4. The highest BCUT2D eigenvalue weighted by molar-refractivity contribution is 9.10. The Morgan fingerprint density at radius 3 is 2.27 bits per heavy atom. The van der Waals surface area contributed by atoms with Gasteiger partial charge in [0.15, 0.2) is 0 Å². The zero-order chi connectivity index (χ0) is 12.1. The Kier molecular flexibility index (Phi) is 5.57. The molecule has 0 fully saturated rings. The van der Waals surface area contributed by atoms with Crippen LogP contribution in [0.25, 0.3) is 0 Å². The summed E-state index contributed by atoms with van der Waals surface area (Å²) in [6.45, 7) is 8.59. The fraction of sp³-hybridized carbons (Fsp3) is 0.600. The molecule has 0 aliphatic rings. The Hall–Kier alpha value is -0.840. The molecule has 15 heavy (non-hydrogen) atoms. The molecule has 0 saturated heterocycles. The van der Waals surface area contributed by atoms with Crippen LogP contribution in [0.2, 0.25) is 0 Å². The second kappa shape index (κ2) is 5.90. The molecule has 0 rings (SSSR count). The van der Waals surface area contributed by atoms with E-state index >= 15 is 0 Å². The maximum absolute atomic E-state index is 11.3. The predicted molar refractivity (Wildman–Crippen MR) is 59.7 cm³/mol. The average Bonchev–Trinajstić information content (AvgIpc) is 2.12. The van der Waals surface area contributed by atoms with Gasteiger partial charge in [0.25, 0.3) is 0 Å². The molecule has 0 unspecified atom stereocenters. The van der Waals surface area contributed by atoms with E-state index in [4.69, 9.17) is 4.74 Å². The number of ether oxygens (including phenoxy) is 2. The number of alkyl halides is 1. The zero-order valence-corrected chi connectivity index (χ0v) is 10.7. The third-order valence-corrected chi connectivity index (χ3v) is 1.75. The highest BCUT2D eigenvalue weighted by Gasteiger charge is 2.26. The molecule has 0 aliphatic carbocycles. The SMILES string of the molecule is C=C(COC(=O)C(C)(C)Br)C(=O)OCC. The van der Waals surface area contributed by atoms with E-state index in [1.54, 1.807) is 20.8 Å². The molecule has 0 heterocycles. The molecule has 0 bridgehead atoms. The Labute approximate surface area is 97.8 Å². The van der Waals surface area contributed by atoms with E-state index in [1.807, 2.05) is 0 Å². The van der Waals surface area contributed by atoms with Crippen LogP contribution in [0.4, 0.5) is 0 Å². The van der Waals surface area contributed by atoms with Crippen molar-refractivity contribution in [3.05, 3.63) is 12.2 Å². The quantitative estimate of drug-likeness (QED) is 0.437. The molecule has 0 aliphatic heterocycles. The Balaban J connectivity index is 4.02. The molecule has 0 N–H and O–H groups in total. The maximum Gasteiger partial charge on any atom is 0.336 e. The lowest BCUT2D eigenvalue weighted by atomic mass is 10.2. The first kappa shape index (κ1) is 14.2. The van der Waals surface area contributed by atoms with Gasteiger partial charge in [-0.2, -0.15) is 0 Å². The van der Waals surface area contributed by atoms with E-state index < -0.39 is 16.3 Å². The summed E-state index contributed by atoms with van der Waals surface area (Å²) in [5.41, 5.74) is 0.127. The summed E-state index contributed by atoms with van der Waals surface area (Å²) >= 11 is 3.14. The van der Waals surface area contributed by atoms with Gasteiger partial charge in [0, 0.05) is 0 Å². The van der Waals surface area contributed by atoms with Crippen LogP contribution in [0.3, 0.4) is 0 Å². The lowest BCUT2D eigenvalue weighted by Gasteiger charge is -2.15.